The van der Waals surface area contributed by atoms with Crippen LogP contribution in [0.1, 0.15) is 32.1 Å². The zero-order valence-electron chi connectivity index (χ0n) is 19.9. The Hall–Kier alpha value is -2.85. The third-order valence-corrected chi connectivity index (χ3v) is 7.92. The average Bonchev–Trinajstić information content (AvgIpc) is 3.66. The fourth-order valence-electron chi connectivity index (χ4n) is 5.68. The molecule has 1 spiro atoms. The van der Waals surface area contributed by atoms with Gasteiger partial charge in [-0.15, -0.1) is 0 Å². The van der Waals surface area contributed by atoms with E-state index in [0.717, 1.165) is 18.5 Å². The van der Waals surface area contributed by atoms with Crippen molar-refractivity contribution >= 4 is 23.6 Å². The first kappa shape index (κ1) is 23.9. The monoisotopic (exact) mass is 486 g/mol. The quantitative estimate of drug-likeness (QED) is 0.491. The minimum Gasteiger partial charge on any atom is -0.446 e. The Bertz CT molecular complexity index is 925. The van der Waals surface area contributed by atoms with Gasteiger partial charge in [0.2, 0.25) is 11.8 Å². The van der Waals surface area contributed by atoms with Gasteiger partial charge in [0.15, 0.2) is 0 Å². The second kappa shape index (κ2) is 10.0. The molecule has 1 saturated carbocycles. The number of carbonyl (C=O) groups excluding carboxylic acids is 3. The number of likely N-dealkylation sites (tertiary alicyclic amines) is 1. The number of piperazine rings is 1. The van der Waals surface area contributed by atoms with Crippen molar-refractivity contribution in [3.63, 3.8) is 0 Å². The Balaban J connectivity index is 1.33. The molecule has 1 aromatic rings. The molecule has 0 bridgehead atoms. The molecule has 2 unspecified atom stereocenters. The zero-order valence-corrected chi connectivity index (χ0v) is 19.9. The van der Waals surface area contributed by atoms with Crippen LogP contribution >= 0.6 is 0 Å². The van der Waals surface area contributed by atoms with Crippen LogP contribution in [0.25, 0.3) is 0 Å². The molecular weight excluding hydrogens is 452 g/mol. The van der Waals surface area contributed by atoms with Crippen molar-refractivity contribution in [3.05, 3.63) is 30.3 Å². The van der Waals surface area contributed by atoms with Gasteiger partial charge < -0.3 is 19.3 Å². The molecule has 190 valence electrons. The summed E-state index contributed by atoms with van der Waals surface area (Å²) in [6, 6.07) is 9.04. The molecule has 3 aliphatic heterocycles. The normalized spacial score (nSPS) is 26.4. The molecule has 3 amide bonds. The first-order valence-corrected chi connectivity index (χ1v) is 12.6. The van der Waals surface area contributed by atoms with Crippen molar-refractivity contribution in [2.24, 2.45) is 11.3 Å². The summed E-state index contributed by atoms with van der Waals surface area (Å²) >= 11 is 0. The first-order valence-electron chi connectivity index (χ1n) is 12.6. The highest BCUT2D eigenvalue weighted by molar-refractivity contribution is 5.93. The Kier molecular flexibility index (Phi) is 6.84. The maximum Gasteiger partial charge on any atom is 0.410 e. The Labute approximate surface area is 205 Å². The summed E-state index contributed by atoms with van der Waals surface area (Å²) in [7, 11) is 0. The van der Waals surface area contributed by atoms with Gasteiger partial charge in [0, 0.05) is 51.3 Å². The van der Waals surface area contributed by atoms with Gasteiger partial charge in [0.25, 0.3) is 0 Å². The number of amides is 3. The number of piperidine rings is 1. The molecule has 3 heterocycles. The van der Waals surface area contributed by atoms with Gasteiger partial charge in [0.1, 0.15) is 12.1 Å². The first-order chi connectivity index (χ1) is 17.0. The number of anilines is 1. The van der Waals surface area contributed by atoms with Crippen molar-refractivity contribution in [1.29, 1.82) is 0 Å². The van der Waals surface area contributed by atoms with E-state index in [9.17, 15) is 19.6 Å². The van der Waals surface area contributed by atoms with Gasteiger partial charge in [-0.3, -0.25) is 19.7 Å². The van der Waals surface area contributed by atoms with E-state index in [2.05, 4.69) is 4.90 Å². The molecule has 4 aliphatic rings. The fourth-order valence-corrected chi connectivity index (χ4v) is 5.68. The minimum atomic E-state index is -0.996. The third-order valence-electron chi connectivity index (χ3n) is 7.92. The molecule has 2 N–H and O–H groups in total. The highest BCUT2D eigenvalue weighted by Gasteiger charge is 2.57. The third kappa shape index (κ3) is 5.08. The van der Waals surface area contributed by atoms with E-state index in [1.165, 1.54) is 4.90 Å². The number of para-hydroxylation sites is 1. The highest BCUT2D eigenvalue weighted by Crippen LogP contribution is 2.55. The minimum absolute atomic E-state index is 0.186. The summed E-state index contributed by atoms with van der Waals surface area (Å²) in [6.45, 7) is 3.77. The predicted octanol–water partition coefficient (Wildman–Crippen LogP) is 1.63. The summed E-state index contributed by atoms with van der Waals surface area (Å²) in [5.41, 5.74) is 2.66. The molecule has 1 aromatic carbocycles. The van der Waals surface area contributed by atoms with Crippen LogP contribution < -0.4 is 10.4 Å². The lowest BCUT2D eigenvalue weighted by molar-refractivity contribution is -0.151. The molecule has 4 fully saturated rings. The van der Waals surface area contributed by atoms with Crippen LogP contribution in [0.5, 0.6) is 0 Å². The van der Waals surface area contributed by atoms with E-state index >= 15 is 0 Å². The number of ether oxygens (including phenoxy) is 2. The van der Waals surface area contributed by atoms with Gasteiger partial charge in [-0.25, -0.2) is 10.3 Å². The maximum absolute atomic E-state index is 13.8. The van der Waals surface area contributed by atoms with E-state index < -0.39 is 24.0 Å². The summed E-state index contributed by atoms with van der Waals surface area (Å²) < 4.78 is 11.2. The predicted molar refractivity (Wildman–Crippen MR) is 126 cm³/mol. The number of hydrogen-bond donors (Lipinski definition) is 2. The lowest BCUT2D eigenvalue weighted by atomic mass is 9.80. The molecule has 35 heavy (non-hydrogen) atoms. The smallest absolute Gasteiger partial charge is 0.410 e. The van der Waals surface area contributed by atoms with Crippen LogP contribution in [0.4, 0.5) is 10.5 Å². The lowest BCUT2D eigenvalue weighted by Crippen LogP contribution is -2.64. The number of nitrogens with one attached hydrogen (secondary N) is 1. The van der Waals surface area contributed by atoms with Gasteiger partial charge in [-0.1, -0.05) is 18.2 Å². The molecule has 0 radical (unpaired) electrons. The SMILES string of the molecule is O=C(NO)C1CC2(CC2)CN(C(=O)OC2CCOCC2)C1C(=O)N1CCN(c2ccccc2)CC1. The molecule has 3 saturated heterocycles. The van der Waals surface area contributed by atoms with Crippen LogP contribution in [0.15, 0.2) is 30.3 Å². The molecule has 1 aliphatic carbocycles. The maximum atomic E-state index is 13.8. The molecule has 10 heteroatoms. The van der Waals surface area contributed by atoms with Crippen LogP contribution in [0.3, 0.4) is 0 Å². The topological polar surface area (TPSA) is 112 Å². The van der Waals surface area contributed by atoms with Crippen LogP contribution in [-0.2, 0) is 19.1 Å². The summed E-state index contributed by atoms with van der Waals surface area (Å²) in [4.78, 5) is 45.4. The molecule has 0 aromatic heterocycles. The largest absolute Gasteiger partial charge is 0.446 e. The molecule has 2 atom stereocenters. The number of benzene rings is 1. The van der Waals surface area contributed by atoms with E-state index in [0.29, 0.717) is 65.2 Å². The van der Waals surface area contributed by atoms with E-state index in [4.69, 9.17) is 9.47 Å². The number of hydrogen-bond acceptors (Lipinski definition) is 7. The number of carbonyl (C=O) groups is 3. The van der Waals surface area contributed by atoms with Crippen LogP contribution in [0.2, 0.25) is 0 Å². The van der Waals surface area contributed by atoms with Gasteiger partial charge >= 0.3 is 6.09 Å². The van der Waals surface area contributed by atoms with Gasteiger partial charge in [-0.05, 0) is 36.8 Å². The molecule has 5 rings (SSSR count). The van der Waals surface area contributed by atoms with Crippen LogP contribution in [-0.4, -0.2) is 91.0 Å². The van der Waals surface area contributed by atoms with Crippen molar-refractivity contribution in [2.45, 2.75) is 44.2 Å². The Morgan fingerprint density at radius 1 is 1.03 bits per heavy atom. The van der Waals surface area contributed by atoms with Crippen molar-refractivity contribution in [3.8, 4) is 0 Å². The Morgan fingerprint density at radius 2 is 1.71 bits per heavy atom. The highest BCUT2D eigenvalue weighted by atomic mass is 16.6. The number of hydroxylamine groups is 1. The zero-order chi connectivity index (χ0) is 24.4. The van der Waals surface area contributed by atoms with Crippen LogP contribution in [0, 0.1) is 11.3 Å². The molecule has 10 nitrogen and oxygen atoms in total. The van der Waals surface area contributed by atoms with E-state index in [-0.39, 0.29) is 17.4 Å². The van der Waals surface area contributed by atoms with Gasteiger partial charge in [0.05, 0.1) is 19.1 Å². The van der Waals surface area contributed by atoms with Crippen molar-refractivity contribution in [1.82, 2.24) is 15.3 Å². The Morgan fingerprint density at radius 3 is 2.34 bits per heavy atom. The van der Waals surface area contributed by atoms with E-state index in [1.807, 2.05) is 30.3 Å². The van der Waals surface area contributed by atoms with Gasteiger partial charge in [-0.2, -0.15) is 0 Å². The lowest BCUT2D eigenvalue weighted by Gasteiger charge is -2.46. The standard InChI is InChI=1S/C25H34N4O6/c30-22(26-33)20-16-25(8-9-25)17-29(24(32)35-19-6-14-34-15-7-19)21(20)23(31)28-12-10-27(11-13-28)18-4-2-1-3-5-18/h1-5,19-21,33H,6-17H2,(H,26,30). The fraction of sp³-hybridized carbons (Fsp3) is 0.640. The summed E-state index contributed by atoms with van der Waals surface area (Å²) in [6.07, 6.45) is 2.67. The van der Waals surface area contributed by atoms with E-state index in [1.54, 1.807) is 10.4 Å². The second-order valence-electron chi connectivity index (χ2n) is 10.2. The molecular formula is C25H34N4O6. The number of rotatable bonds is 4. The second-order valence-corrected chi connectivity index (χ2v) is 10.2. The summed E-state index contributed by atoms with van der Waals surface area (Å²) in [5.74, 6) is -1.70. The van der Waals surface area contributed by atoms with Crippen molar-refractivity contribution in [2.75, 3.05) is 50.8 Å². The van der Waals surface area contributed by atoms with Crippen molar-refractivity contribution < 1.29 is 29.1 Å². The number of nitrogens with zero attached hydrogens (tertiary/aromatic N) is 3. The average molecular weight is 487 g/mol. The summed E-state index contributed by atoms with van der Waals surface area (Å²) in [5, 5.41) is 9.45.